The molecule has 1 heterocycles. The number of fused-ring (bicyclic) bond motifs is 1. The molecule has 0 radical (unpaired) electrons. The Morgan fingerprint density at radius 1 is 0.964 bits per heavy atom. The van der Waals surface area contributed by atoms with Crippen LogP contribution in [0.3, 0.4) is 0 Å². The van der Waals surface area contributed by atoms with E-state index < -0.39 is 11.5 Å². The third-order valence-corrected chi connectivity index (χ3v) is 5.84. The summed E-state index contributed by atoms with van der Waals surface area (Å²) in [5, 5.41) is 2.88. The molecule has 0 bridgehead atoms. The van der Waals surface area contributed by atoms with Gasteiger partial charge < -0.3 is 10.1 Å². The van der Waals surface area contributed by atoms with Crippen molar-refractivity contribution in [2.24, 2.45) is 0 Å². The number of carbonyl (C=O) groups is 2. The Bertz CT molecular complexity index is 1080. The summed E-state index contributed by atoms with van der Waals surface area (Å²) in [6.07, 6.45) is 0. The molecule has 0 aliphatic carbocycles. The summed E-state index contributed by atoms with van der Waals surface area (Å²) in [5.41, 5.74) is 1.62. The van der Waals surface area contributed by atoms with Gasteiger partial charge in [-0.3, -0.25) is 4.79 Å². The van der Waals surface area contributed by atoms with Gasteiger partial charge in [-0.1, -0.05) is 59.8 Å². The van der Waals surface area contributed by atoms with E-state index in [9.17, 15) is 9.59 Å². The summed E-state index contributed by atoms with van der Waals surface area (Å²) in [6, 6.07) is 23.0. The van der Waals surface area contributed by atoms with Gasteiger partial charge in [-0.2, -0.15) is 0 Å². The first-order valence-corrected chi connectivity index (χ1v) is 9.72. The zero-order valence-corrected chi connectivity index (χ0v) is 16.4. The highest BCUT2D eigenvalue weighted by Crippen LogP contribution is 2.40. The predicted molar refractivity (Wildman–Crippen MR) is 108 cm³/mol. The summed E-state index contributed by atoms with van der Waals surface area (Å²) in [6.45, 7) is 2.05. The van der Waals surface area contributed by atoms with E-state index >= 15 is 0 Å². The van der Waals surface area contributed by atoms with E-state index in [0.717, 1.165) is 9.79 Å². The number of ether oxygens (including phenoxy) is 1. The number of benzene rings is 3. The molecule has 0 saturated carbocycles. The van der Waals surface area contributed by atoms with Gasteiger partial charge in [-0.05, 0) is 42.8 Å². The molecule has 5 heteroatoms. The lowest BCUT2D eigenvalue weighted by molar-refractivity contribution is -0.146. The predicted octanol–water partition coefficient (Wildman–Crippen LogP) is 4.31. The monoisotopic (exact) mass is 389 g/mol. The van der Waals surface area contributed by atoms with E-state index in [2.05, 4.69) is 24.4 Å². The number of methoxy groups -OCH3 is 1. The van der Waals surface area contributed by atoms with Crippen molar-refractivity contribution in [1.29, 1.82) is 0 Å². The molecule has 1 aliphatic rings. The normalized spacial score (nSPS) is 17.7. The maximum Gasteiger partial charge on any atom is 0.341 e. The number of amides is 1. The molecule has 3 aromatic carbocycles. The summed E-state index contributed by atoms with van der Waals surface area (Å²) < 4.78 is 5.11. The van der Waals surface area contributed by atoms with Crippen LogP contribution in [0.5, 0.6) is 0 Å². The Morgan fingerprint density at radius 3 is 2.43 bits per heavy atom. The second kappa shape index (κ2) is 7.17. The fourth-order valence-electron chi connectivity index (χ4n) is 3.58. The molecule has 28 heavy (non-hydrogen) atoms. The van der Waals surface area contributed by atoms with Crippen molar-refractivity contribution in [2.75, 3.05) is 7.11 Å². The largest absolute Gasteiger partial charge is 0.467 e. The van der Waals surface area contributed by atoms with Crippen molar-refractivity contribution in [3.8, 4) is 0 Å². The molecule has 0 saturated heterocycles. The highest BCUT2D eigenvalue weighted by atomic mass is 32.2. The summed E-state index contributed by atoms with van der Waals surface area (Å²) in [5.74, 6) is -0.791. The van der Waals surface area contributed by atoms with Crippen molar-refractivity contribution in [1.82, 2.24) is 5.32 Å². The number of nitrogens with one attached hydrogen (secondary N) is 1. The number of hydrogen-bond donors (Lipinski definition) is 1. The Balaban J connectivity index is 1.82. The lowest BCUT2D eigenvalue weighted by Crippen LogP contribution is -2.48. The third kappa shape index (κ3) is 2.98. The minimum absolute atomic E-state index is 0.280. The minimum Gasteiger partial charge on any atom is -0.467 e. The highest BCUT2D eigenvalue weighted by Gasteiger charge is 2.51. The molecular weight excluding hydrogens is 370 g/mol. The van der Waals surface area contributed by atoms with E-state index in [1.54, 1.807) is 30.0 Å². The Morgan fingerprint density at radius 2 is 1.68 bits per heavy atom. The van der Waals surface area contributed by atoms with Gasteiger partial charge in [0.05, 0.1) is 7.11 Å². The van der Waals surface area contributed by atoms with Gasteiger partial charge in [-0.15, -0.1) is 0 Å². The van der Waals surface area contributed by atoms with E-state index in [4.69, 9.17) is 4.74 Å². The van der Waals surface area contributed by atoms with E-state index in [0.29, 0.717) is 16.7 Å². The van der Waals surface area contributed by atoms with Gasteiger partial charge in [0, 0.05) is 20.9 Å². The number of hydrogen-bond acceptors (Lipinski definition) is 4. The van der Waals surface area contributed by atoms with Gasteiger partial charge in [0.15, 0.2) is 5.54 Å². The van der Waals surface area contributed by atoms with Crippen LogP contribution < -0.4 is 5.32 Å². The molecule has 1 N–H and O–H groups in total. The SMILES string of the molecule is COC(=O)C1(c2cccc(Sc3cccc(C)c3)c2)NC(=O)c2ccccc21. The standard InChI is InChI=1S/C23H19NO3S/c1-15-7-5-9-17(13-15)28-18-10-6-8-16(14-18)23(22(26)27-2)20-12-4-3-11-19(20)21(25)24-23/h3-14H,1-2H3,(H,24,25). The first kappa shape index (κ1) is 18.3. The molecule has 0 aromatic heterocycles. The quantitative estimate of drug-likeness (QED) is 0.676. The van der Waals surface area contributed by atoms with Crippen LogP contribution >= 0.6 is 11.8 Å². The topological polar surface area (TPSA) is 55.4 Å². The third-order valence-electron chi connectivity index (χ3n) is 4.86. The van der Waals surface area contributed by atoms with Crippen LogP contribution in [-0.4, -0.2) is 19.0 Å². The van der Waals surface area contributed by atoms with Gasteiger partial charge in [-0.25, -0.2) is 4.79 Å². The smallest absolute Gasteiger partial charge is 0.341 e. The maximum absolute atomic E-state index is 12.9. The average molecular weight is 389 g/mol. The van der Waals surface area contributed by atoms with Crippen molar-refractivity contribution in [2.45, 2.75) is 22.3 Å². The van der Waals surface area contributed by atoms with E-state index in [1.807, 2.05) is 42.5 Å². The molecule has 4 nitrogen and oxygen atoms in total. The van der Waals surface area contributed by atoms with E-state index in [-0.39, 0.29) is 5.91 Å². The molecule has 1 atom stereocenters. The van der Waals surface area contributed by atoms with Crippen molar-refractivity contribution >= 4 is 23.6 Å². The molecule has 1 amide bonds. The first-order valence-electron chi connectivity index (χ1n) is 8.90. The van der Waals surface area contributed by atoms with Crippen LogP contribution in [-0.2, 0) is 15.1 Å². The van der Waals surface area contributed by atoms with Crippen LogP contribution in [0.2, 0.25) is 0 Å². The zero-order valence-electron chi connectivity index (χ0n) is 15.6. The Kier molecular flexibility index (Phi) is 4.69. The van der Waals surface area contributed by atoms with Crippen molar-refractivity contribution in [3.63, 3.8) is 0 Å². The summed E-state index contributed by atoms with van der Waals surface area (Å²) in [4.78, 5) is 27.6. The maximum atomic E-state index is 12.9. The summed E-state index contributed by atoms with van der Waals surface area (Å²) >= 11 is 1.61. The van der Waals surface area contributed by atoms with Gasteiger partial charge >= 0.3 is 5.97 Å². The molecule has 3 aromatic rings. The van der Waals surface area contributed by atoms with E-state index in [1.165, 1.54) is 12.7 Å². The summed E-state index contributed by atoms with van der Waals surface area (Å²) in [7, 11) is 1.34. The second-order valence-electron chi connectivity index (χ2n) is 6.69. The average Bonchev–Trinajstić information content (AvgIpc) is 3.02. The molecule has 140 valence electrons. The van der Waals surface area contributed by atoms with Crippen LogP contribution in [0.15, 0.2) is 82.6 Å². The lowest BCUT2D eigenvalue weighted by Gasteiger charge is -2.28. The van der Waals surface area contributed by atoms with Crippen molar-refractivity contribution < 1.29 is 14.3 Å². The number of carbonyl (C=O) groups excluding carboxylic acids is 2. The fourth-order valence-corrected chi connectivity index (χ4v) is 4.58. The van der Waals surface area contributed by atoms with Crippen LogP contribution in [0.4, 0.5) is 0 Å². The molecule has 0 spiro atoms. The molecular formula is C23H19NO3S. The Labute approximate surface area is 167 Å². The minimum atomic E-state index is -1.34. The van der Waals surface area contributed by atoms with Crippen molar-refractivity contribution in [3.05, 3.63) is 95.1 Å². The molecule has 4 rings (SSSR count). The second-order valence-corrected chi connectivity index (χ2v) is 7.83. The molecule has 1 unspecified atom stereocenters. The Hall–Kier alpha value is -3.05. The lowest BCUT2D eigenvalue weighted by atomic mass is 9.83. The fraction of sp³-hybridized carbons (Fsp3) is 0.130. The van der Waals surface area contributed by atoms with Gasteiger partial charge in [0.2, 0.25) is 0 Å². The zero-order chi connectivity index (χ0) is 19.7. The van der Waals surface area contributed by atoms with Crippen LogP contribution in [0.25, 0.3) is 0 Å². The van der Waals surface area contributed by atoms with Crippen LogP contribution in [0.1, 0.15) is 27.0 Å². The molecule has 0 fully saturated rings. The first-order chi connectivity index (χ1) is 13.5. The number of rotatable bonds is 4. The van der Waals surface area contributed by atoms with Gasteiger partial charge in [0.25, 0.3) is 5.91 Å². The van der Waals surface area contributed by atoms with Crippen LogP contribution in [0, 0.1) is 6.92 Å². The molecule has 1 aliphatic heterocycles. The highest BCUT2D eigenvalue weighted by molar-refractivity contribution is 7.99. The number of esters is 1. The van der Waals surface area contributed by atoms with Gasteiger partial charge in [0.1, 0.15) is 0 Å². The number of aryl methyl sites for hydroxylation is 1.